The van der Waals surface area contributed by atoms with Gasteiger partial charge in [-0.2, -0.15) is 0 Å². The van der Waals surface area contributed by atoms with Crippen LogP contribution in [0.2, 0.25) is 0 Å². The highest BCUT2D eigenvalue weighted by molar-refractivity contribution is 5.05. The normalized spacial score (nSPS) is 40.2. The first-order valence-corrected chi connectivity index (χ1v) is 7.08. The van der Waals surface area contributed by atoms with E-state index < -0.39 is 0 Å². The maximum atomic E-state index is 5.95. The SMILES string of the molecule is CCOC1CC(CN)(NC2CCC(C)(C)C2)C1. The molecule has 1 unspecified atom stereocenters. The Kier molecular flexibility index (Phi) is 3.81. The number of rotatable bonds is 5. The first kappa shape index (κ1) is 13.3. The summed E-state index contributed by atoms with van der Waals surface area (Å²) in [7, 11) is 0. The van der Waals surface area contributed by atoms with E-state index in [0.29, 0.717) is 17.6 Å². The van der Waals surface area contributed by atoms with Crippen LogP contribution in [0.15, 0.2) is 0 Å². The molecule has 0 radical (unpaired) electrons. The van der Waals surface area contributed by atoms with Gasteiger partial charge >= 0.3 is 0 Å². The molecule has 2 aliphatic rings. The summed E-state index contributed by atoms with van der Waals surface area (Å²) in [5, 5.41) is 3.82. The molecule has 0 aromatic rings. The van der Waals surface area contributed by atoms with E-state index in [1.807, 2.05) is 0 Å². The van der Waals surface area contributed by atoms with Gasteiger partial charge in [0.05, 0.1) is 6.10 Å². The van der Waals surface area contributed by atoms with Crippen LogP contribution < -0.4 is 11.1 Å². The van der Waals surface area contributed by atoms with Crippen molar-refractivity contribution in [2.75, 3.05) is 13.2 Å². The number of nitrogens with one attached hydrogen (secondary N) is 1. The van der Waals surface area contributed by atoms with E-state index in [9.17, 15) is 0 Å². The molecule has 0 aromatic heterocycles. The summed E-state index contributed by atoms with van der Waals surface area (Å²) < 4.78 is 5.64. The molecule has 2 fully saturated rings. The third-order valence-corrected chi connectivity index (χ3v) is 4.51. The van der Waals surface area contributed by atoms with Crippen molar-refractivity contribution in [3.8, 4) is 0 Å². The average Bonchev–Trinajstić information content (AvgIpc) is 2.54. The number of nitrogens with two attached hydrogens (primary N) is 1. The maximum Gasteiger partial charge on any atom is 0.0611 e. The number of hydrogen-bond acceptors (Lipinski definition) is 3. The van der Waals surface area contributed by atoms with Gasteiger partial charge in [0.15, 0.2) is 0 Å². The zero-order chi connectivity index (χ0) is 12.5. The van der Waals surface area contributed by atoms with E-state index in [-0.39, 0.29) is 5.54 Å². The Labute approximate surface area is 105 Å². The first-order valence-electron chi connectivity index (χ1n) is 7.08. The van der Waals surface area contributed by atoms with Crippen LogP contribution in [0.5, 0.6) is 0 Å². The van der Waals surface area contributed by atoms with Crippen LogP contribution in [0.25, 0.3) is 0 Å². The van der Waals surface area contributed by atoms with E-state index in [1.165, 1.54) is 19.3 Å². The third kappa shape index (κ3) is 3.01. The molecule has 0 heterocycles. The highest BCUT2D eigenvalue weighted by Crippen LogP contribution is 2.41. The van der Waals surface area contributed by atoms with Crippen LogP contribution in [0.4, 0.5) is 0 Å². The molecule has 3 heteroatoms. The fraction of sp³-hybridized carbons (Fsp3) is 1.00. The average molecular weight is 240 g/mol. The molecule has 2 aliphatic carbocycles. The molecule has 17 heavy (non-hydrogen) atoms. The lowest BCUT2D eigenvalue weighted by Crippen LogP contribution is -2.64. The van der Waals surface area contributed by atoms with Gasteiger partial charge in [0.2, 0.25) is 0 Å². The Morgan fingerprint density at radius 3 is 2.47 bits per heavy atom. The molecular weight excluding hydrogens is 212 g/mol. The quantitative estimate of drug-likeness (QED) is 0.773. The summed E-state index contributed by atoms with van der Waals surface area (Å²) in [6, 6.07) is 0.663. The topological polar surface area (TPSA) is 47.3 Å². The molecule has 2 rings (SSSR count). The molecule has 0 spiro atoms. The van der Waals surface area contributed by atoms with Crippen molar-refractivity contribution >= 4 is 0 Å². The van der Waals surface area contributed by atoms with Gasteiger partial charge in [0.1, 0.15) is 0 Å². The lowest BCUT2D eigenvalue weighted by molar-refractivity contribution is -0.0513. The van der Waals surface area contributed by atoms with Crippen molar-refractivity contribution in [2.45, 2.75) is 70.6 Å². The van der Waals surface area contributed by atoms with Gasteiger partial charge in [-0.25, -0.2) is 0 Å². The van der Waals surface area contributed by atoms with Crippen LogP contribution in [-0.2, 0) is 4.74 Å². The van der Waals surface area contributed by atoms with Gasteiger partial charge in [-0.15, -0.1) is 0 Å². The predicted molar refractivity (Wildman–Crippen MR) is 71.0 cm³/mol. The molecule has 100 valence electrons. The van der Waals surface area contributed by atoms with E-state index >= 15 is 0 Å². The predicted octanol–water partition coefficient (Wildman–Crippen LogP) is 2.05. The van der Waals surface area contributed by atoms with Gasteiger partial charge in [0.25, 0.3) is 0 Å². The first-order chi connectivity index (χ1) is 7.99. The monoisotopic (exact) mass is 240 g/mol. The molecule has 0 aromatic carbocycles. The largest absolute Gasteiger partial charge is 0.378 e. The van der Waals surface area contributed by atoms with E-state index in [1.54, 1.807) is 0 Å². The van der Waals surface area contributed by atoms with Crippen molar-refractivity contribution in [1.29, 1.82) is 0 Å². The van der Waals surface area contributed by atoms with Gasteiger partial charge in [-0.3, -0.25) is 0 Å². The highest BCUT2D eigenvalue weighted by Gasteiger charge is 2.46. The minimum Gasteiger partial charge on any atom is -0.378 e. The number of ether oxygens (including phenoxy) is 1. The van der Waals surface area contributed by atoms with Crippen molar-refractivity contribution in [1.82, 2.24) is 5.32 Å². The fourth-order valence-corrected chi connectivity index (χ4v) is 3.50. The Morgan fingerprint density at radius 1 is 1.29 bits per heavy atom. The van der Waals surface area contributed by atoms with Crippen LogP contribution in [0.3, 0.4) is 0 Å². The number of hydrogen-bond donors (Lipinski definition) is 2. The van der Waals surface area contributed by atoms with Crippen molar-refractivity contribution in [3.05, 3.63) is 0 Å². The maximum absolute atomic E-state index is 5.95. The summed E-state index contributed by atoms with van der Waals surface area (Å²) in [6.07, 6.45) is 6.54. The highest BCUT2D eigenvalue weighted by atomic mass is 16.5. The fourth-order valence-electron chi connectivity index (χ4n) is 3.50. The van der Waals surface area contributed by atoms with Crippen molar-refractivity contribution < 1.29 is 4.74 Å². The summed E-state index contributed by atoms with van der Waals surface area (Å²) >= 11 is 0. The molecule has 3 nitrogen and oxygen atoms in total. The van der Waals surface area contributed by atoms with E-state index in [4.69, 9.17) is 10.5 Å². The Morgan fingerprint density at radius 2 is 2.00 bits per heavy atom. The molecule has 0 saturated heterocycles. The van der Waals surface area contributed by atoms with Crippen LogP contribution >= 0.6 is 0 Å². The van der Waals surface area contributed by atoms with Gasteiger partial charge in [-0.05, 0) is 44.4 Å². The Bertz CT molecular complexity index is 259. The Balaban J connectivity index is 1.82. The van der Waals surface area contributed by atoms with Crippen LogP contribution in [0.1, 0.15) is 52.9 Å². The summed E-state index contributed by atoms with van der Waals surface area (Å²) in [5.41, 5.74) is 6.64. The second-order valence-corrected chi connectivity index (χ2v) is 6.72. The Hall–Kier alpha value is -0.120. The van der Waals surface area contributed by atoms with E-state index in [2.05, 4.69) is 26.1 Å². The molecule has 0 bridgehead atoms. The third-order valence-electron chi connectivity index (χ3n) is 4.51. The second-order valence-electron chi connectivity index (χ2n) is 6.72. The van der Waals surface area contributed by atoms with Crippen LogP contribution in [0, 0.1) is 5.41 Å². The van der Waals surface area contributed by atoms with Crippen LogP contribution in [-0.4, -0.2) is 30.8 Å². The van der Waals surface area contributed by atoms with Crippen molar-refractivity contribution in [3.63, 3.8) is 0 Å². The lowest BCUT2D eigenvalue weighted by atomic mass is 9.73. The molecule has 2 saturated carbocycles. The van der Waals surface area contributed by atoms with Gasteiger partial charge < -0.3 is 15.8 Å². The minimum atomic E-state index is 0.172. The molecule has 1 atom stereocenters. The lowest BCUT2D eigenvalue weighted by Gasteiger charge is -2.49. The van der Waals surface area contributed by atoms with Crippen molar-refractivity contribution in [2.24, 2.45) is 11.1 Å². The zero-order valence-corrected chi connectivity index (χ0v) is 11.6. The molecular formula is C14H28N2O. The van der Waals surface area contributed by atoms with Gasteiger partial charge in [-0.1, -0.05) is 13.8 Å². The van der Waals surface area contributed by atoms with E-state index in [0.717, 1.165) is 26.0 Å². The molecule has 3 N–H and O–H groups in total. The summed E-state index contributed by atoms with van der Waals surface area (Å²) in [6.45, 7) is 8.37. The summed E-state index contributed by atoms with van der Waals surface area (Å²) in [5.74, 6) is 0. The summed E-state index contributed by atoms with van der Waals surface area (Å²) in [4.78, 5) is 0. The smallest absolute Gasteiger partial charge is 0.0611 e. The van der Waals surface area contributed by atoms with Gasteiger partial charge in [0, 0.05) is 24.7 Å². The zero-order valence-electron chi connectivity index (χ0n) is 11.6. The minimum absolute atomic E-state index is 0.172. The standard InChI is InChI=1S/C14H28N2O/c1-4-17-12-8-14(9-12,10-15)16-11-5-6-13(2,3)7-11/h11-12,16H,4-10,15H2,1-3H3. The molecule has 0 aliphatic heterocycles. The second kappa shape index (κ2) is 4.87. The molecule has 0 amide bonds.